The Labute approximate surface area is 190 Å². The zero-order chi connectivity index (χ0) is 23.8. The first-order chi connectivity index (χ1) is 15.6. The van der Waals surface area contributed by atoms with E-state index in [2.05, 4.69) is 25.4 Å². The second-order valence-electron chi connectivity index (χ2n) is 7.41. The third-order valence-electron chi connectivity index (χ3n) is 5.15. The number of carbonyl (C=O) groups excluding carboxylic acids is 1. The SMILES string of the molecule is C[C@H](Nc1nccc(N2C(=O)OCC2[C@@H](C)C(F)(F)F)n1)c1nc(-c2ccc(Cl)cc2)no1. The van der Waals surface area contributed by atoms with E-state index < -0.39 is 36.9 Å². The minimum Gasteiger partial charge on any atom is -0.447 e. The number of amides is 1. The molecule has 0 spiro atoms. The van der Waals surface area contributed by atoms with E-state index in [0.717, 1.165) is 11.8 Å². The van der Waals surface area contributed by atoms with Gasteiger partial charge in [0.15, 0.2) is 0 Å². The molecule has 9 nitrogen and oxygen atoms in total. The molecule has 0 aliphatic carbocycles. The van der Waals surface area contributed by atoms with Crippen molar-refractivity contribution in [1.29, 1.82) is 0 Å². The standard InChI is InChI=1S/C20H18ClF3N6O3/c1-10(20(22,23)24)14-9-32-19(31)30(14)15-7-8-25-18(27-15)26-11(2)17-28-16(29-33-17)12-3-5-13(21)6-4-12/h3-8,10-11,14H,9H2,1-2H3,(H,25,26,27)/t10-,11+,14?/m1/s1. The average Bonchev–Trinajstić information content (AvgIpc) is 3.40. The molecule has 1 unspecified atom stereocenters. The number of cyclic esters (lactones) is 1. The van der Waals surface area contributed by atoms with E-state index in [1.807, 2.05) is 0 Å². The van der Waals surface area contributed by atoms with Crippen LogP contribution in [-0.4, -0.2) is 45.0 Å². The van der Waals surface area contributed by atoms with Crippen LogP contribution in [0, 0.1) is 5.92 Å². The summed E-state index contributed by atoms with van der Waals surface area (Å²) in [6.45, 7) is 2.32. The van der Waals surface area contributed by atoms with E-state index in [9.17, 15) is 18.0 Å². The molecule has 4 rings (SSSR count). The summed E-state index contributed by atoms with van der Waals surface area (Å²) in [4.78, 5) is 25.6. The van der Waals surface area contributed by atoms with Crippen LogP contribution in [0.15, 0.2) is 41.1 Å². The van der Waals surface area contributed by atoms with Gasteiger partial charge in [-0.3, -0.25) is 4.90 Å². The van der Waals surface area contributed by atoms with Crippen LogP contribution < -0.4 is 10.2 Å². The third-order valence-corrected chi connectivity index (χ3v) is 5.40. The van der Waals surface area contributed by atoms with Crippen LogP contribution in [0.2, 0.25) is 5.02 Å². The van der Waals surface area contributed by atoms with Crippen molar-refractivity contribution in [3.05, 3.63) is 47.4 Å². The Kier molecular flexibility index (Phi) is 6.11. The summed E-state index contributed by atoms with van der Waals surface area (Å²) in [5.74, 6) is -1.18. The summed E-state index contributed by atoms with van der Waals surface area (Å²) in [5.41, 5.74) is 0.706. The number of carbonyl (C=O) groups is 1. The molecule has 1 saturated heterocycles. The Hall–Kier alpha value is -3.41. The fourth-order valence-corrected chi connectivity index (χ4v) is 3.35. The molecule has 2 aromatic heterocycles. The summed E-state index contributed by atoms with van der Waals surface area (Å²) < 4.78 is 49.8. The van der Waals surface area contributed by atoms with Crippen molar-refractivity contribution < 1.29 is 27.2 Å². The lowest BCUT2D eigenvalue weighted by Crippen LogP contribution is -2.44. The number of halogens is 4. The molecule has 1 aliphatic rings. The van der Waals surface area contributed by atoms with Gasteiger partial charge in [-0.05, 0) is 37.3 Å². The van der Waals surface area contributed by atoms with Gasteiger partial charge in [-0.1, -0.05) is 23.7 Å². The van der Waals surface area contributed by atoms with Crippen molar-refractivity contribution in [3.63, 3.8) is 0 Å². The molecule has 3 heterocycles. The number of nitrogens with one attached hydrogen (secondary N) is 1. The number of anilines is 2. The number of nitrogens with zero attached hydrogens (tertiary/aromatic N) is 5. The number of benzene rings is 1. The molecule has 13 heteroatoms. The molecule has 33 heavy (non-hydrogen) atoms. The van der Waals surface area contributed by atoms with E-state index in [1.165, 1.54) is 12.3 Å². The first kappa shape index (κ1) is 22.8. The highest BCUT2D eigenvalue weighted by Gasteiger charge is 2.49. The van der Waals surface area contributed by atoms with Crippen molar-refractivity contribution >= 4 is 29.5 Å². The lowest BCUT2D eigenvalue weighted by molar-refractivity contribution is -0.174. The Bertz CT molecular complexity index is 1140. The predicted molar refractivity (Wildman–Crippen MR) is 112 cm³/mol. The van der Waals surface area contributed by atoms with Gasteiger partial charge >= 0.3 is 12.3 Å². The summed E-state index contributed by atoms with van der Waals surface area (Å²) in [5, 5.41) is 7.45. The molecular formula is C20H18ClF3N6O3. The minimum atomic E-state index is -4.50. The van der Waals surface area contributed by atoms with Gasteiger partial charge in [0.1, 0.15) is 18.5 Å². The van der Waals surface area contributed by atoms with Crippen LogP contribution in [0.5, 0.6) is 0 Å². The lowest BCUT2D eigenvalue weighted by Gasteiger charge is -2.27. The van der Waals surface area contributed by atoms with Crippen LogP contribution in [-0.2, 0) is 4.74 Å². The van der Waals surface area contributed by atoms with E-state index in [-0.39, 0.29) is 17.7 Å². The minimum absolute atomic E-state index is 0.0179. The number of alkyl halides is 3. The maximum atomic E-state index is 13.2. The zero-order valence-electron chi connectivity index (χ0n) is 17.4. The molecule has 0 saturated carbocycles. The van der Waals surface area contributed by atoms with Crippen molar-refractivity contribution in [2.45, 2.75) is 32.1 Å². The van der Waals surface area contributed by atoms with E-state index in [1.54, 1.807) is 31.2 Å². The summed E-state index contributed by atoms with van der Waals surface area (Å²) >= 11 is 5.89. The maximum Gasteiger partial charge on any atom is 0.415 e. The fraction of sp³-hybridized carbons (Fsp3) is 0.350. The van der Waals surface area contributed by atoms with Gasteiger partial charge in [0.2, 0.25) is 17.7 Å². The molecule has 1 aromatic carbocycles. The fourth-order valence-electron chi connectivity index (χ4n) is 3.22. The number of aromatic nitrogens is 4. The van der Waals surface area contributed by atoms with Gasteiger partial charge in [-0.2, -0.15) is 23.1 Å². The molecular weight excluding hydrogens is 465 g/mol. The Morgan fingerprint density at radius 2 is 1.91 bits per heavy atom. The Morgan fingerprint density at radius 1 is 1.18 bits per heavy atom. The molecule has 1 fully saturated rings. The Balaban J connectivity index is 1.51. The van der Waals surface area contributed by atoms with E-state index in [4.69, 9.17) is 20.9 Å². The van der Waals surface area contributed by atoms with Gasteiger partial charge in [-0.15, -0.1) is 0 Å². The number of hydrogen-bond donors (Lipinski definition) is 1. The Morgan fingerprint density at radius 3 is 2.61 bits per heavy atom. The average molecular weight is 483 g/mol. The molecule has 1 aliphatic heterocycles. The monoisotopic (exact) mass is 482 g/mol. The number of ether oxygens (including phenoxy) is 1. The lowest BCUT2D eigenvalue weighted by atomic mass is 10.0. The topological polar surface area (TPSA) is 106 Å². The highest BCUT2D eigenvalue weighted by molar-refractivity contribution is 6.30. The van der Waals surface area contributed by atoms with Gasteiger partial charge in [0.05, 0.1) is 12.0 Å². The van der Waals surface area contributed by atoms with Crippen molar-refractivity contribution in [2.75, 3.05) is 16.8 Å². The largest absolute Gasteiger partial charge is 0.447 e. The summed E-state index contributed by atoms with van der Waals surface area (Å²) in [7, 11) is 0. The molecule has 3 atom stereocenters. The van der Waals surface area contributed by atoms with E-state index >= 15 is 0 Å². The molecule has 1 amide bonds. The normalized spacial score (nSPS) is 18.2. The van der Waals surface area contributed by atoms with Crippen molar-refractivity contribution in [1.82, 2.24) is 20.1 Å². The molecule has 0 bridgehead atoms. The summed E-state index contributed by atoms with van der Waals surface area (Å²) in [6, 6.07) is 6.45. The van der Waals surface area contributed by atoms with Gasteiger partial charge < -0.3 is 14.6 Å². The third kappa shape index (κ3) is 4.85. The quantitative estimate of drug-likeness (QED) is 0.530. The molecule has 0 radical (unpaired) electrons. The molecule has 1 N–H and O–H groups in total. The second kappa shape index (κ2) is 8.85. The van der Waals surface area contributed by atoms with Crippen LogP contribution in [0.1, 0.15) is 25.8 Å². The van der Waals surface area contributed by atoms with Crippen LogP contribution in [0.3, 0.4) is 0 Å². The van der Waals surface area contributed by atoms with Crippen molar-refractivity contribution in [2.24, 2.45) is 5.92 Å². The predicted octanol–water partition coefficient (Wildman–Crippen LogP) is 4.88. The van der Waals surface area contributed by atoms with Gasteiger partial charge in [-0.25, -0.2) is 9.78 Å². The first-order valence-electron chi connectivity index (χ1n) is 9.85. The van der Waals surface area contributed by atoms with Crippen molar-refractivity contribution in [3.8, 4) is 11.4 Å². The van der Waals surface area contributed by atoms with Crippen LogP contribution in [0.4, 0.5) is 29.7 Å². The van der Waals surface area contributed by atoms with Crippen LogP contribution in [0.25, 0.3) is 11.4 Å². The summed E-state index contributed by atoms with van der Waals surface area (Å²) in [6.07, 6.45) is -4.08. The van der Waals surface area contributed by atoms with E-state index in [0.29, 0.717) is 16.4 Å². The number of rotatable bonds is 6. The maximum absolute atomic E-state index is 13.2. The van der Waals surface area contributed by atoms with Gasteiger partial charge in [0.25, 0.3) is 0 Å². The molecule has 3 aromatic rings. The second-order valence-corrected chi connectivity index (χ2v) is 7.85. The first-order valence-corrected chi connectivity index (χ1v) is 10.2. The smallest absolute Gasteiger partial charge is 0.415 e. The number of hydrogen-bond acceptors (Lipinski definition) is 8. The highest BCUT2D eigenvalue weighted by Crippen LogP contribution is 2.35. The van der Waals surface area contributed by atoms with Crippen LogP contribution >= 0.6 is 11.6 Å². The zero-order valence-corrected chi connectivity index (χ0v) is 18.1. The highest BCUT2D eigenvalue weighted by atomic mass is 35.5. The molecule has 174 valence electrons. The van der Waals surface area contributed by atoms with Gasteiger partial charge in [0, 0.05) is 16.8 Å².